The van der Waals surface area contributed by atoms with Crippen LogP contribution in [0.1, 0.15) is 5.56 Å². The van der Waals surface area contributed by atoms with Gasteiger partial charge in [0, 0.05) is 16.2 Å². The van der Waals surface area contributed by atoms with E-state index in [0.717, 1.165) is 0 Å². The second-order valence-corrected chi connectivity index (χ2v) is 4.93. The summed E-state index contributed by atoms with van der Waals surface area (Å²) in [5.41, 5.74) is 5.69. The van der Waals surface area contributed by atoms with Crippen LogP contribution < -0.4 is 10.5 Å². The van der Waals surface area contributed by atoms with Gasteiger partial charge in [0.2, 0.25) is 5.88 Å². The fourth-order valence-electron chi connectivity index (χ4n) is 1.41. The zero-order chi connectivity index (χ0) is 14.7. The number of aromatic nitrogens is 1. The first-order chi connectivity index (χ1) is 9.52. The molecule has 0 fully saturated rings. The first-order valence-corrected chi connectivity index (χ1v) is 6.45. The fourth-order valence-corrected chi connectivity index (χ4v) is 1.99. The van der Waals surface area contributed by atoms with Crippen LogP contribution in [0.25, 0.3) is 0 Å². The number of nitrogens with zero attached hydrogens (tertiary/aromatic N) is 2. The SMILES string of the molecule is N/C(=N/O)c1ccnc(Oc2ccc(Br)cc2F)c1Cl. The molecule has 20 heavy (non-hydrogen) atoms. The molecular formula is C12H8BrClFN3O2. The van der Waals surface area contributed by atoms with E-state index in [4.69, 9.17) is 27.3 Å². The van der Waals surface area contributed by atoms with Gasteiger partial charge in [0.05, 0.1) is 0 Å². The predicted octanol–water partition coefficient (Wildman–Crippen LogP) is 3.52. The van der Waals surface area contributed by atoms with Crippen molar-refractivity contribution in [1.29, 1.82) is 0 Å². The van der Waals surface area contributed by atoms with Crippen molar-refractivity contribution < 1.29 is 14.3 Å². The van der Waals surface area contributed by atoms with Crippen LogP contribution in [0.4, 0.5) is 4.39 Å². The van der Waals surface area contributed by atoms with E-state index in [9.17, 15) is 4.39 Å². The maximum atomic E-state index is 13.7. The van der Waals surface area contributed by atoms with Gasteiger partial charge in [0.15, 0.2) is 17.4 Å². The molecule has 104 valence electrons. The smallest absolute Gasteiger partial charge is 0.239 e. The van der Waals surface area contributed by atoms with Gasteiger partial charge in [0.25, 0.3) is 0 Å². The molecule has 1 heterocycles. The van der Waals surface area contributed by atoms with Gasteiger partial charge in [-0.25, -0.2) is 9.37 Å². The average molecular weight is 361 g/mol. The van der Waals surface area contributed by atoms with Gasteiger partial charge >= 0.3 is 0 Å². The molecule has 0 bridgehead atoms. The third-order valence-electron chi connectivity index (χ3n) is 2.34. The van der Waals surface area contributed by atoms with Crippen LogP contribution in [0.5, 0.6) is 11.6 Å². The first kappa shape index (κ1) is 14.5. The highest BCUT2D eigenvalue weighted by molar-refractivity contribution is 9.10. The van der Waals surface area contributed by atoms with Crippen molar-refractivity contribution in [3.8, 4) is 11.6 Å². The normalized spacial score (nSPS) is 11.4. The van der Waals surface area contributed by atoms with Crippen LogP contribution >= 0.6 is 27.5 Å². The lowest BCUT2D eigenvalue weighted by Gasteiger charge is -2.09. The molecule has 1 aromatic carbocycles. The van der Waals surface area contributed by atoms with E-state index in [1.807, 2.05) is 0 Å². The van der Waals surface area contributed by atoms with Crippen molar-refractivity contribution in [2.75, 3.05) is 0 Å². The molecule has 0 spiro atoms. The summed E-state index contributed by atoms with van der Waals surface area (Å²) in [5.74, 6) is -0.860. The molecular weight excluding hydrogens is 353 g/mol. The maximum absolute atomic E-state index is 13.7. The molecule has 0 aliphatic carbocycles. The Morgan fingerprint density at radius 2 is 2.20 bits per heavy atom. The van der Waals surface area contributed by atoms with Gasteiger partial charge in [-0.1, -0.05) is 32.7 Å². The molecule has 8 heteroatoms. The molecule has 1 aromatic heterocycles. The van der Waals surface area contributed by atoms with Gasteiger partial charge in [-0.05, 0) is 24.3 Å². The number of pyridine rings is 1. The molecule has 2 rings (SSSR count). The summed E-state index contributed by atoms with van der Waals surface area (Å²) in [7, 11) is 0. The second-order valence-electron chi connectivity index (χ2n) is 3.64. The Morgan fingerprint density at radius 1 is 1.45 bits per heavy atom. The second kappa shape index (κ2) is 6.06. The Bertz CT molecular complexity index is 682. The number of nitrogens with two attached hydrogens (primary N) is 1. The molecule has 2 aromatic rings. The number of amidine groups is 1. The van der Waals surface area contributed by atoms with Crippen LogP contribution in [-0.2, 0) is 0 Å². The topological polar surface area (TPSA) is 80.7 Å². The lowest BCUT2D eigenvalue weighted by Crippen LogP contribution is -2.14. The number of benzene rings is 1. The Labute approximate surface area is 127 Å². The lowest BCUT2D eigenvalue weighted by molar-refractivity contribution is 0.318. The molecule has 0 unspecified atom stereocenters. The fraction of sp³-hybridized carbons (Fsp3) is 0. The van der Waals surface area contributed by atoms with Crippen molar-refractivity contribution in [3.05, 3.63) is 51.3 Å². The molecule has 0 aliphatic heterocycles. The van der Waals surface area contributed by atoms with E-state index in [1.54, 1.807) is 6.07 Å². The van der Waals surface area contributed by atoms with E-state index in [0.29, 0.717) is 4.47 Å². The Balaban J connectivity index is 2.39. The highest BCUT2D eigenvalue weighted by Crippen LogP contribution is 2.31. The molecule has 3 N–H and O–H groups in total. The van der Waals surface area contributed by atoms with Gasteiger partial charge < -0.3 is 15.7 Å². The van der Waals surface area contributed by atoms with Crippen molar-refractivity contribution in [2.45, 2.75) is 0 Å². The Kier molecular flexibility index (Phi) is 4.41. The Hall–Kier alpha value is -1.86. The highest BCUT2D eigenvalue weighted by Gasteiger charge is 2.14. The molecule has 0 radical (unpaired) electrons. The van der Waals surface area contributed by atoms with E-state index < -0.39 is 5.82 Å². The molecule has 0 amide bonds. The number of halogens is 3. The number of hydrogen-bond donors (Lipinski definition) is 2. The third kappa shape index (κ3) is 3.00. The summed E-state index contributed by atoms with van der Waals surface area (Å²) in [5, 5.41) is 11.5. The standard InChI is InChI=1S/C12H8BrClFN3O2/c13-6-1-2-9(8(15)5-6)20-12-10(14)7(3-4-17-12)11(16)18-19/h1-5,19H,(H2,16,18). The van der Waals surface area contributed by atoms with Crippen LogP contribution in [0.3, 0.4) is 0 Å². The highest BCUT2D eigenvalue weighted by atomic mass is 79.9. The number of hydrogen-bond acceptors (Lipinski definition) is 4. The number of rotatable bonds is 3. The zero-order valence-electron chi connectivity index (χ0n) is 9.85. The van der Waals surface area contributed by atoms with Crippen molar-refractivity contribution in [1.82, 2.24) is 4.98 Å². The zero-order valence-corrected chi connectivity index (χ0v) is 12.2. The van der Waals surface area contributed by atoms with E-state index in [-0.39, 0.29) is 28.1 Å². The molecule has 0 saturated carbocycles. The summed E-state index contributed by atoms with van der Waals surface area (Å²) in [6.45, 7) is 0. The van der Waals surface area contributed by atoms with Gasteiger partial charge in [0.1, 0.15) is 5.02 Å². The van der Waals surface area contributed by atoms with Gasteiger partial charge in [-0.15, -0.1) is 0 Å². The van der Waals surface area contributed by atoms with Gasteiger partial charge in [-0.2, -0.15) is 0 Å². The van der Waals surface area contributed by atoms with Crippen LogP contribution in [0.2, 0.25) is 5.02 Å². The minimum Gasteiger partial charge on any atom is -0.434 e. The Morgan fingerprint density at radius 3 is 2.85 bits per heavy atom. The number of oxime groups is 1. The maximum Gasteiger partial charge on any atom is 0.239 e. The van der Waals surface area contributed by atoms with Crippen LogP contribution in [-0.4, -0.2) is 16.0 Å². The number of ether oxygens (including phenoxy) is 1. The van der Waals surface area contributed by atoms with E-state index >= 15 is 0 Å². The minimum atomic E-state index is -0.577. The van der Waals surface area contributed by atoms with Crippen LogP contribution in [0.15, 0.2) is 40.1 Å². The lowest BCUT2D eigenvalue weighted by atomic mass is 10.2. The largest absolute Gasteiger partial charge is 0.434 e. The van der Waals surface area contributed by atoms with E-state index in [2.05, 4.69) is 26.1 Å². The summed E-state index contributed by atoms with van der Waals surface area (Å²) < 4.78 is 19.6. The summed E-state index contributed by atoms with van der Waals surface area (Å²) >= 11 is 9.16. The monoisotopic (exact) mass is 359 g/mol. The van der Waals surface area contributed by atoms with Crippen molar-refractivity contribution in [2.24, 2.45) is 10.9 Å². The first-order valence-electron chi connectivity index (χ1n) is 5.28. The summed E-state index contributed by atoms with van der Waals surface area (Å²) in [6.07, 6.45) is 1.35. The van der Waals surface area contributed by atoms with Crippen LogP contribution in [0, 0.1) is 5.82 Å². The molecule has 0 atom stereocenters. The van der Waals surface area contributed by atoms with E-state index in [1.165, 1.54) is 24.4 Å². The third-order valence-corrected chi connectivity index (χ3v) is 3.20. The minimum absolute atomic E-state index is 0.0186. The molecule has 0 aliphatic rings. The quantitative estimate of drug-likeness (QED) is 0.380. The predicted molar refractivity (Wildman–Crippen MR) is 75.9 cm³/mol. The summed E-state index contributed by atoms with van der Waals surface area (Å²) in [4.78, 5) is 3.89. The molecule has 0 saturated heterocycles. The van der Waals surface area contributed by atoms with Crippen molar-refractivity contribution in [3.63, 3.8) is 0 Å². The van der Waals surface area contributed by atoms with Gasteiger partial charge in [-0.3, -0.25) is 0 Å². The molecule has 5 nitrogen and oxygen atoms in total. The average Bonchev–Trinajstić information content (AvgIpc) is 2.43. The van der Waals surface area contributed by atoms with Crippen molar-refractivity contribution >= 4 is 33.4 Å². The summed E-state index contributed by atoms with van der Waals surface area (Å²) in [6, 6.07) is 5.73.